The molecule has 0 heterocycles. The lowest BCUT2D eigenvalue weighted by Gasteiger charge is -2.15. The van der Waals surface area contributed by atoms with Gasteiger partial charge >= 0.3 is 11.9 Å². The van der Waals surface area contributed by atoms with Gasteiger partial charge < -0.3 is 9.47 Å². The Kier molecular flexibility index (Phi) is 10.9. The number of ether oxygens (including phenoxy) is 2. The number of unbranched alkanes of at least 4 members (excludes halogenated alkanes) is 3. The summed E-state index contributed by atoms with van der Waals surface area (Å²) in [5, 5.41) is 0. The summed E-state index contributed by atoms with van der Waals surface area (Å²) >= 11 is 4.06. The van der Waals surface area contributed by atoms with Crippen LogP contribution in [-0.2, 0) is 19.1 Å². The number of carbonyl (C=O) groups is 2. The third-order valence-corrected chi connectivity index (χ3v) is 2.86. The van der Waals surface area contributed by atoms with Gasteiger partial charge in [0, 0.05) is 18.6 Å². The molecule has 4 nitrogen and oxygen atoms in total. The van der Waals surface area contributed by atoms with Crippen molar-refractivity contribution >= 4 is 24.6 Å². The molecule has 0 unspecified atom stereocenters. The molecule has 0 spiro atoms. The molecule has 0 aliphatic carbocycles. The van der Waals surface area contributed by atoms with Crippen LogP contribution in [0.4, 0.5) is 0 Å². The Morgan fingerprint density at radius 1 is 1.11 bits per heavy atom. The lowest BCUT2D eigenvalue weighted by atomic mass is 10.2. The fourth-order valence-electron chi connectivity index (χ4n) is 1.35. The third-order valence-electron chi connectivity index (χ3n) is 2.46. The molecule has 5 heteroatoms. The Labute approximate surface area is 115 Å². The van der Waals surface area contributed by atoms with E-state index in [1.165, 1.54) is 0 Å². The zero-order valence-electron chi connectivity index (χ0n) is 11.3. The topological polar surface area (TPSA) is 52.6 Å². The summed E-state index contributed by atoms with van der Waals surface area (Å²) in [6.45, 7) is 3.94. The van der Waals surface area contributed by atoms with E-state index in [1.54, 1.807) is 6.92 Å². The first-order valence-electron chi connectivity index (χ1n) is 6.59. The second-order valence-corrected chi connectivity index (χ2v) is 4.51. The first kappa shape index (κ1) is 17.3. The Bertz CT molecular complexity index is 243. The van der Waals surface area contributed by atoms with Crippen molar-refractivity contribution in [2.75, 3.05) is 12.4 Å². The molecule has 18 heavy (non-hydrogen) atoms. The van der Waals surface area contributed by atoms with E-state index in [0.29, 0.717) is 18.6 Å². The lowest BCUT2D eigenvalue weighted by molar-refractivity contribution is -0.157. The van der Waals surface area contributed by atoms with Gasteiger partial charge in [-0.15, -0.1) is 0 Å². The van der Waals surface area contributed by atoms with Crippen molar-refractivity contribution in [3.8, 4) is 0 Å². The van der Waals surface area contributed by atoms with Gasteiger partial charge in [-0.1, -0.05) is 33.1 Å². The summed E-state index contributed by atoms with van der Waals surface area (Å²) in [6, 6.07) is 0. The maximum atomic E-state index is 11.4. The van der Waals surface area contributed by atoms with Gasteiger partial charge in [-0.05, 0) is 6.42 Å². The minimum absolute atomic E-state index is 0.0991. The number of hydrogen-bond acceptors (Lipinski definition) is 5. The summed E-state index contributed by atoms with van der Waals surface area (Å²) < 4.78 is 10.1. The summed E-state index contributed by atoms with van der Waals surface area (Å²) in [7, 11) is 0. The van der Waals surface area contributed by atoms with Crippen LogP contribution in [0.3, 0.4) is 0 Å². The molecule has 0 aliphatic rings. The van der Waals surface area contributed by atoms with Gasteiger partial charge in [-0.25, -0.2) is 0 Å². The highest BCUT2D eigenvalue weighted by molar-refractivity contribution is 7.80. The highest BCUT2D eigenvalue weighted by Crippen LogP contribution is 2.05. The van der Waals surface area contributed by atoms with Crippen LogP contribution >= 0.6 is 12.6 Å². The molecular weight excluding hydrogens is 252 g/mol. The first-order chi connectivity index (χ1) is 8.63. The van der Waals surface area contributed by atoms with Gasteiger partial charge in [-0.2, -0.15) is 12.6 Å². The number of esters is 2. The van der Waals surface area contributed by atoms with Crippen molar-refractivity contribution in [1.82, 2.24) is 0 Å². The summed E-state index contributed by atoms with van der Waals surface area (Å²) in [5.74, 6) is -0.173. The van der Waals surface area contributed by atoms with Crippen molar-refractivity contribution in [2.45, 2.75) is 58.5 Å². The van der Waals surface area contributed by atoms with E-state index in [9.17, 15) is 9.59 Å². The first-order valence-corrected chi connectivity index (χ1v) is 7.23. The van der Waals surface area contributed by atoms with Gasteiger partial charge in [0.15, 0.2) is 0 Å². The van der Waals surface area contributed by atoms with Gasteiger partial charge in [0.2, 0.25) is 0 Å². The second kappa shape index (κ2) is 11.4. The number of hydrogen-bond donors (Lipinski definition) is 1. The molecule has 0 N–H and O–H groups in total. The number of rotatable bonds is 10. The molecule has 0 aromatic heterocycles. The van der Waals surface area contributed by atoms with Crippen LogP contribution in [0.15, 0.2) is 0 Å². The normalized spacial score (nSPS) is 11.9. The monoisotopic (exact) mass is 276 g/mol. The van der Waals surface area contributed by atoms with E-state index < -0.39 is 6.10 Å². The average molecular weight is 276 g/mol. The van der Waals surface area contributed by atoms with Gasteiger partial charge in [0.25, 0.3) is 0 Å². The number of thiol groups is 1. The quantitative estimate of drug-likeness (QED) is 0.379. The van der Waals surface area contributed by atoms with Crippen LogP contribution in [0.5, 0.6) is 0 Å². The third kappa shape index (κ3) is 9.33. The van der Waals surface area contributed by atoms with Crippen LogP contribution in [-0.4, -0.2) is 30.4 Å². The largest absolute Gasteiger partial charge is 0.462 e. The van der Waals surface area contributed by atoms with E-state index in [-0.39, 0.29) is 18.5 Å². The fraction of sp³-hybridized carbons (Fsp3) is 0.846. The van der Waals surface area contributed by atoms with Crippen LogP contribution in [0.1, 0.15) is 52.4 Å². The van der Waals surface area contributed by atoms with Crippen LogP contribution in [0.2, 0.25) is 0 Å². The predicted molar refractivity (Wildman–Crippen MR) is 73.7 cm³/mol. The minimum Gasteiger partial charge on any atom is -0.462 e. The molecule has 106 valence electrons. The van der Waals surface area contributed by atoms with Crippen molar-refractivity contribution in [3.05, 3.63) is 0 Å². The Morgan fingerprint density at radius 2 is 1.83 bits per heavy atom. The SMILES string of the molecule is CCCCCCC(=O)OC[C@H](CS)OC(=O)CC. The molecule has 0 aromatic carbocycles. The zero-order valence-corrected chi connectivity index (χ0v) is 12.2. The smallest absolute Gasteiger partial charge is 0.305 e. The maximum absolute atomic E-state index is 11.4. The minimum atomic E-state index is -0.444. The molecule has 1 atom stereocenters. The maximum Gasteiger partial charge on any atom is 0.305 e. The molecule has 0 aromatic rings. The Balaban J connectivity index is 3.70. The molecular formula is C13H24O4S. The highest BCUT2D eigenvalue weighted by atomic mass is 32.1. The van der Waals surface area contributed by atoms with Crippen molar-refractivity contribution in [1.29, 1.82) is 0 Å². The van der Waals surface area contributed by atoms with Crippen molar-refractivity contribution < 1.29 is 19.1 Å². The lowest BCUT2D eigenvalue weighted by Crippen LogP contribution is -2.26. The zero-order chi connectivity index (χ0) is 13.8. The molecule has 0 aliphatic heterocycles. The molecule has 0 saturated heterocycles. The summed E-state index contributed by atoms with van der Waals surface area (Å²) in [4.78, 5) is 22.5. The number of carbonyl (C=O) groups excluding carboxylic acids is 2. The Morgan fingerprint density at radius 3 is 2.39 bits per heavy atom. The highest BCUT2D eigenvalue weighted by Gasteiger charge is 2.14. The standard InChI is InChI=1S/C13H24O4S/c1-3-5-6-7-8-13(15)16-9-11(10-18)17-12(14)4-2/h11,18H,3-10H2,1-2H3/t11-/m1/s1. The molecule has 0 fully saturated rings. The van der Waals surface area contributed by atoms with Gasteiger partial charge in [0.1, 0.15) is 12.7 Å². The molecule has 0 saturated carbocycles. The van der Waals surface area contributed by atoms with Crippen molar-refractivity contribution in [3.63, 3.8) is 0 Å². The van der Waals surface area contributed by atoms with Crippen LogP contribution in [0, 0.1) is 0 Å². The predicted octanol–water partition coefficient (Wildman–Crippen LogP) is 2.75. The van der Waals surface area contributed by atoms with E-state index >= 15 is 0 Å². The van der Waals surface area contributed by atoms with E-state index in [1.807, 2.05) is 0 Å². The molecule has 0 bridgehead atoms. The fourth-order valence-corrected chi connectivity index (χ4v) is 1.53. The summed E-state index contributed by atoms with van der Waals surface area (Å²) in [5.41, 5.74) is 0. The summed E-state index contributed by atoms with van der Waals surface area (Å²) in [6.07, 6.45) is 4.49. The van der Waals surface area contributed by atoms with Crippen LogP contribution < -0.4 is 0 Å². The second-order valence-electron chi connectivity index (χ2n) is 4.14. The van der Waals surface area contributed by atoms with Gasteiger partial charge in [0.05, 0.1) is 0 Å². The van der Waals surface area contributed by atoms with Crippen molar-refractivity contribution in [2.24, 2.45) is 0 Å². The Hall–Kier alpha value is -0.710. The molecule has 0 amide bonds. The van der Waals surface area contributed by atoms with Crippen LogP contribution in [0.25, 0.3) is 0 Å². The molecule has 0 radical (unpaired) electrons. The van der Waals surface area contributed by atoms with Gasteiger partial charge in [-0.3, -0.25) is 9.59 Å². The average Bonchev–Trinajstić information content (AvgIpc) is 2.39. The van der Waals surface area contributed by atoms with E-state index in [4.69, 9.17) is 9.47 Å². The van der Waals surface area contributed by atoms with E-state index in [2.05, 4.69) is 19.6 Å². The molecule has 0 rings (SSSR count). The van der Waals surface area contributed by atoms with E-state index in [0.717, 1.165) is 25.7 Å².